The van der Waals surface area contributed by atoms with Gasteiger partial charge in [-0.2, -0.15) is 0 Å². The second-order valence-electron chi connectivity index (χ2n) is 10.8. The van der Waals surface area contributed by atoms with Crippen molar-refractivity contribution in [3.63, 3.8) is 0 Å². The minimum atomic E-state index is -0.830. The van der Waals surface area contributed by atoms with E-state index in [4.69, 9.17) is 23.7 Å². The van der Waals surface area contributed by atoms with Gasteiger partial charge in [-0.1, -0.05) is 44.2 Å². The molecule has 1 heterocycles. The van der Waals surface area contributed by atoms with Gasteiger partial charge in [-0.3, -0.25) is 0 Å². The molecule has 8 nitrogen and oxygen atoms in total. The predicted octanol–water partition coefficient (Wildman–Crippen LogP) is 5.70. The number of alkyl carbamates (subject to hydrolysis) is 1. The van der Waals surface area contributed by atoms with Crippen molar-refractivity contribution in [2.24, 2.45) is 11.8 Å². The molecule has 3 rings (SSSR count). The van der Waals surface area contributed by atoms with E-state index in [0.717, 1.165) is 11.1 Å². The highest BCUT2D eigenvalue weighted by Crippen LogP contribution is 2.42. The Bertz CT molecular complexity index is 1060. The fourth-order valence-corrected chi connectivity index (χ4v) is 4.24. The highest BCUT2D eigenvalue weighted by molar-refractivity contribution is 5.81. The van der Waals surface area contributed by atoms with Gasteiger partial charge in [0.15, 0.2) is 11.5 Å². The Hall–Kier alpha value is -3.42. The number of benzene rings is 2. The zero-order valence-corrected chi connectivity index (χ0v) is 23.4. The Balaban J connectivity index is 1.81. The van der Waals surface area contributed by atoms with Gasteiger partial charge in [-0.05, 0) is 75.6 Å². The Morgan fingerprint density at radius 2 is 1.74 bits per heavy atom. The van der Waals surface area contributed by atoms with Crippen LogP contribution in [0.25, 0.3) is 0 Å². The van der Waals surface area contributed by atoms with Crippen LogP contribution < -0.4 is 19.5 Å². The molecule has 2 aromatic rings. The SMILES string of the molecule is CCOC(=O)C(CC(Cc1cc2c(c(OCc3ccccc3)c1)OCCO2)C(C)C)NC(=O)OC(C)(C)C. The molecule has 2 unspecified atom stereocenters. The maximum Gasteiger partial charge on any atom is 0.408 e. The summed E-state index contributed by atoms with van der Waals surface area (Å²) in [6.45, 7) is 12.8. The van der Waals surface area contributed by atoms with Crippen molar-refractivity contribution in [3.8, 4) is 17.2 Å². The van der Waals surface area contributed by atoms with Crippen LogP contribution in [0.4, 0.5) is 4.79 Å². The number of esters is 1. The molecule has 0 spiro atoms. The topological polar surface area (TPSA) is 92.3 Å². The lowest BCUT2D eigenvalue weighted by molar-refractivity contribution is -0.146. The summed E-state index contributed by atoms with van der Waals surface area (Å²) in [5.74, 6) is 1.66. The Morgan fingerprint density at radius 3 is 2.39 bits per heavy atom. The fourth-order valence-electron chi connectivity index (χ4n) is 4.24. The molecular formula is C30H41NO7. The number of hydrogen-bond acceptors (Lipinski definition) is 7. The zero-order chi connectivity index (χ0) is 27.7. The summed E-state index contributed by atoms with van der Waals surface area (Å²) in [6.07, 6.45) is 0.390. The number of nitrogens with one attached hydrogen (secondary N) is 1. The smallest absolute Gasteiger partial charge is 0.408 e. The van der Waals surface area contributed by atoms with E-state index in [9.17, 15) is 9.59 Å². The first-order valence-electron chi connectivity index (χ1n) is 13.3. The maximum absolute atomic E-state index is 12.8. The monoisotopic (exact) mass is 527 g/mol. The summed E-state index contributed by atoms with van der Waals surface area (Å²) in [5, 5.41) is 2.72. The number of rotatable bonds is 11. The van der Waals surface area contributed by atoms with Gasteiger partial charge in [0.2, 0.25) is 5.75 Å². The Morgan fingerprint density at radius 1 is 1.03 bits per heavy atom. The predicted molar refractivity (Wildman–Crippen MR) is 145 cm³/mol. The third-order valence-corrected chi connectivity index (χ3v) is 6.15. The molecule has 0 aromatic heterocycles. The van der Waals surface area contributed by atoms with Crippen LogP contribution in [0.3, 0.4) is 0 Å². The second-order valence-corrected chi connectivity index (χ2v) is 10.8. The van der Waals surface area contributed by atoms with Crippen LogP contribution >= 0.6 is 0 Å². The fraction of sp³-hybridized carbons (Fsp3) is 0.533. The third kappa shape index (κ3) is 8.85. The molecule has 8 heteroatoms. The largest absolute Gasteiger partial charge is 0.486 e. The highest BCUT2D eigenvalue weighted by atomic mass is 16.6. The second kappa shape index (κ2) is 13.4. The molecule has 1 aliphatic heterocycles. The Labute approximate surface area is 225 Å². The number of carbonyl (C=O) groups excluding carboxylic acids is 2. The first-order chi connectivity index (χ1) is 18.1. The summed E-state index contributed by atoms with van der Waals surface area (Å²) in [4.78, 5) is 25.3. The molecule has 0 saturated carbocycles. The summed E-state index contributed by atoms with van der Waals surface area (Å²) in [5.41, 5.74) is 1.37. The third-order valence-electron chi connectivity index (χ3n) is 6.15. The van der Waals surface area contributed by atoms with Crippen LogP contribution in [0.5, 0.6) is 17.2 Å². The van der Waals surface area contributed by atoms with Gasteiger partial charge in [0.05, 0.1) is 6.61 Å². The standard InChI is InChI=1S/C30H41NO7/c1-7-34-28(32)24(31-29(33)38-30(4,5)6)18-23(20(2)3)15-22-16-25-27(36-14-13-35-25)26(17-22)37-19-21-11-9-8-10-12-21/h8-12,16-17,20,23-24H,7,13-15,18-19H2,1-6H3,(H,31,33). The minimum absolute atomic E-state index is 0.0453. The molecule has 208 valence electrons. The van der Waals surface area contributed by atoms with Gasteiger partial charge in [-0.15, -0.1) is 0 Å². The minimum Gasteiger partial charge on any atom is -0.486 e. The zero-order valence-electron chi connectivity index (χ0n) is 23.4. The van der Waals surface area contributed by atoms with Gasteiger partial charge in [0.1, 0.15) is 31.5 Å². The van der Waals surface area contributed by atoms with E-state index in [-0.39, 0.29) is 18.4 Å². The quantitative estimate of drug-likeness (QED) is 0.375. The van der Waals surface area contributed by atoms with Crippen molar-refractivity contribution in [2.75, 3.05) is 19.8 Å². The maximum atomic E-state index is 12.8. The normalized spacial score (nSPS) is 14.4. The van der Waals surface area contributed by atoms with E-state index >= 15 is 0 Å². The van der Waals surface area contributed by atoms with Crippen molar-refractivity contribution >= 4 is 12.1 Å². The van der Waals surface area contributed by atoms with Crippen LogP contribution in [0.2, 0.25) is 0 Å². The summed E-state index contributed by atoms with van der Waals surface area (Å²) < 4.78 is 28.6. The molecule has 1 amide bonds. The van der Waals surface area contributed by atoms with Crippen molar-refractivity contribution in [2.45, 2.75) is 72.6 Å². The van der Waals surface area contributed by atoms with Crippen molar-refractivity contribution < 1.29 is 33.3 Å². The number of fused-ring (bicyclic) bond motifs is 1. The van der Waals surface area contributed by atoms with Crippen LogP contribution in [-0.2, 0) is 27.3 Å². The van der Waals surface area contributed by atoms with Gasteiger partial charge in [0, 0.05) is 0 Å². The molecule has 0 saturated heterocycles. The number of ether oxygens (including phenoxy) is 5. The highest BCUT2D eigenvalue weighted by Gasteiger charge is 2.30. The average molecular weight is 528 g/mol. The van der Waals surface area contributed by atoms with Crippen LogP contribution in [0.1, 0.15) is 59.1 Å². The first kappa shape index (κ1) is 29.1. The van der Waals surface area contributed by atoms with E-state index < -0.39 is 23.7 Å². The summed E-state index contributed by atoms with van der Waals surface area (Å²) in [7, 11) is 0. The van der Waals surface area contributed by atoms with Crippen molar-refractivity contribution in [3.05, 3.63) is 53.6 Å². The van der Waals surface area contributed by atoms with E-state index in [2.05, 4.69) is 19.2 Å². The van der Waals surface area contributed by atoms with Crippen molar-refractivity contribution in [1.82, 2.24) is 5.32 Å². The summed E-state index contributed by atoms with van der Waals surface area (Å²) >= 11 is 0. The lowest BCUT2D eigenvalue weighted by atomic mass is 9.84. The molecule has 38 heavy (non-hydrogen) atoms. The van der Waals surface area contributed by atoms with E-state index in [1.54, 1.807) is 27.7 Å². The lowest BCUT2D eigenvalue weighted by Crippen LogP contribution is -2.45. The van der Waals surface area contributed by atoms with E-state index in [0.29, 0.717) is 49.9 Å². The molecule has 1 N–H and O–H groups in total. The van der Waals surface area contributed by atoms with Gasteiger partial charge in [0.25, 0.3) is 0 Å². The lowest BCUT2D eigenvalue weighted by Gasteiger charge is -2.28. The van der Waals surface area contributed by atoms with E-state index in [1.165, 1.54) is 0 Å². The molecule has 1 aliphatic rings. The number of amides is 1. The van der Waals surface area contributed by atoms with Crippen molar-refractivity contribution in [1.29, 1.82) is 0 Å². The molecule has 0 fully saturated rings. The Kier molecular flexibility index (Phi) is 10.3. The van der Waals surface area contributed by atoms with Gasteiger partial charge < -0.3 is 29.0 Å². The van der Waals surface area contributed by atoms with Crippen LogP contribution in [0.15, 0.2) is 42.5 Å². The molecule has 0 radical (unpaired) electrons. The summed E-state index contributed by atoms with van der Waals surface area (Å²) in [6, 6.07) is 13.1. The van der Waals surface area contributed by atoms with Crippen LogP contribution in [-0.4, -0.2) is 43.5 Å². The molecule has 2 aromatic carbocycles. The molecular weight excluding hydrogens is 486 g/mol. The van der Waals surface area contributed by atoms with Gasteiger partial charge in [-0.25, -0.2) is 9.59 Å². The molecule has 0 bridgehead atoms. The number of hydrogen-bond donors (Lipinski definition) is 1. The average Bonchev–Trinajstić information content (AvgIpc) is 2.86. The number of carbonyl (C=O) groups is 2. The molecule has 0 aliphatic carbocycles. The van der Waals surface area contributed by atoms with Gasteiger partial charge >= 0.3 is 12.1 Å². The van der Waals surface area contributed by atoms with E-state index in [1.807, 2.05) is 42.5 Å². The first-order valence-corrected chi connectivity index (χ1v) is 13.3. The van der Waals surface area contributed by atoms with Crippen LogP contribution in [0, 0.1) is 11.8 Å². The molecule has 2 atom stereocenters.